The lowest BCUT2D eigenvalue weighted by Crippen LogP contribution is -2.47. The fourth-order valence-corrected chi connectivity index (χ4v) is 2.68. The highest BCUT2D eigenvalue weighted by Crippen LogP contribution is 2.25. The van der Waals surface area contributed by atoms with Gasteiger partial charge in [-0.3, -0.25) is 4.90 Å². The molecule has 0 aromatic heterocycles. The van der Waals surface area contributed by atoms with Crippen LogP contribution in [0.5, 0.6) is 0 Å². The number of hydrogen-bond donors (Lipinski definition) is 1. The number of piperazine rings is 1. The molecule has 1 aromatic rings. The summed E-state index contributed by atoms with van der Waals surface area (Å²) in [6.45, 7) is 3.11. The monoisotopic (exact) mass is 226 g/mol. The summed E-state index contributed by atoms with van der Waals surface area (Å²) in [4.78, 5) is 3.45. The molecule has 2 nitrogen and oxygen atoms in total. The Morgan fingerprint density at radius 2 is 2.13 bits per heavy atom. The molecule has 1 saturated heterocycles. The summed E-state index contributed by atoms with van der Waals surface area (Å²) in [5, 5.41) is 3.81. The first-order chi connectivity index (χ1) is 7.25. The predicted octanol–water partition coefficient (Wildman–Crippen LogP) is 1.78. The summed E-state index contributed by atoms with van der Waals surface area (Å²) in [5.41, 5.74) is 0. The van der Waals surface area contributed by atoms with Crippen LogP contribution in [0.15, 0.2) is 29.2 Å². The zero-order chi connectivity index (χ0) is 10.7. The number of hydrogen-bond acceptors (Lipinski definition) is 3. The first-order valence-electron chi connectivity index (χ1n) is 5.09. The Morgan fingerprint density at radius 3 is 2.80 bits per heavy atom. The van der Waals surface area contributed by atoms with Gasteiger partial charge in [-0.05, 0) is 31.3 Å². The van der Waals surface area contributed by atoms with Crippen molar-refractivity contribution in [3.05, 3.63) is 30.1 Å². The summed E-state index contributed by atoms with van der Waals surface area (Å²) < 4.78 is 12.7. The molecule has 1 unspecified atom stereocenters. The Morgan fingerprint density at radius 1 is 1.40 bits per heavy atom. The van der Waals surface area contributed by atoms with Crippen molar-refractivity contribution < 1.29 is 4.39 Å². The van der Waals surface area contributed by atoms with Crippen molar-refractivity contribution >= 4 is 11.8 Å². The van der Waals surface area contributed by atoms with Crippen LogP contribution in [-0.4, -0.2) is 37.0 Å². The standard InChI is InChI=1S/C11H15FN2S/c1-14-7-6-13-8-11(14)15-10-4-2-9(12)3-5-10/h2-5,11,13H,6-8H2,1H3. The number of nitrogens with zero attached hydrogens (tertiary/aromatic N) is 1. The molecule has 1 heterocycles. The Bertz CT molecular complexity index is 315. The van der Waals surface area contributed by atoms with Gasteiger partial charge >= 0.3 is 0 Å². The molecule has 1 aliphatic heterocycles. The second kappa shape index (κ2) is 4.96. The molecule has 0 radical (unpaired) electrons. The van der Waals surface area contributed by atoms with E-state index in [4.69, 9.17) is 0 Å². The van der Waals surface area contributed by atoms with E-state index in [1.807, 2.05) is 12.1 Å². The highest BCUT2D eigenvalue weighted by atomic mass is 32.2. The van der Waals surface area contributed by atoms with E-state index < -0.39 is 0 Å². The maximum atomic E-state index is 12.7. The van der Waals surface area contributed by atoms with Crippen LogP contribution >= 0.6 is 11.8 Å². The van der Waals surface area contributed by atoms with E-state index in [2.05, 4.69) is 17.3 Å². The average Bonchev–Trinajstić information content (AvgIpc) is 2.25. The van der Waals surface area contributed by atoms with E-state index in [0.717, 1.165) is 24.5 Å². The van der Waals surface area contributed by atoms with Crippen LogP contribution in [0.1, 0.15) is 0 Å². The van der Waals surface area contributed by atoms with Gasteiger partial charge in [-0.15, -0.1) is 11.8 Å². The van der Waals surface area contributed by atoms with E-state index in [1.165, 1.54) is 12.1 Å². The second-order valence-electron chi connectivity index (χ2n) is 3.71. The topological polar surface area (TPSA) is 15.3 Å². The molecule has 0 bridgehead atoms. The molecule has 1 atom stereocenters. The summed E-state index contributed by atoms with van der Waals surface area (Å²) in [5.74, 6) is -0.172. The van der Waals surface area contributed by atoms with Gasteiger partial charge in [0.25, 0.3) is 0 Å². The SMILES string of the molecule is CN1CCNCC1Sc1ccc(F)cc1. The van der Waals surface area contributed by atoms with Gasteiger partial charge in [-0.2, -0.15) is 0 Å². The second-order valence-corrected chi connectivity index (χ2v) is 4.96. The minimum Gasteiger partial charge on any atom is -0.313 e. The van der Waals surface area contributed by atoms with Crippen molar-refractivity contribution in [1.29, 1.82) is 0 Å². The van der Waals surface area contributed by atoms with Crippen molar-refractivity contribution in [2.75, 3.05) is 26.7 Å². The first-order valence-corrected chi connectivity index (χ1v) is 5.97. The normalized spacial score (nSPS) is 22.9. The largest absolute Gasteiger partial charge is 0.313 e. The summed E-state index contributed by atoms with van der Waals surface area (Å²) in [6.07, 6.45) is 0. The summed E-state index contributed by atoms with van der Waals surface area (Å²) in [7, 11) is 2.13. The third-order valence-corrected chi connectivity index (χ3v) is 3.88. The molecule has 2 rings (SSSR count). The van der Waals surface area contributed by atoms with Crippen LogP contribution in [0.25, 0.3) is 0 Å². The number of likely N-dealkylation sites (N-methyl/N-ethyl adjacent to an activating group) is 1. The number of thioether (sulfide) groups is 1. The maximum Gasteiger partial charge on any atom is 0.123 e. The molecule has 82 valence electrons. The zero-order valence-electron chi connectivity index (χ0n) is 8.74. The first kappa shape index (κ1) is 10.9. The van der Waals surface area contributed by atoms with E-state index in [9.17, 15) is 4.39 Å². The molecule has 1 aliphatic rings. The lowest BCUT2D eigenvalue weighted by Gasteiger charge is -2.32. The highest BCUT2D eigenvalue weighted by molar-refractivity contribution is 7.99. The molecule has 1 aromatic carbocycles. The average molecular weight is 226 g/mol. The lowest BCUT2D eigenvalue weighted by atomic mass is 10.3. The van der Waals surface area contributed by atoms with E-state index in [0.29, 0.717) is 5.37 Å². The van der Waals surface area contributed by atoms with Crippen molar-refractivity contribution in [3.8, 4) is 0 Å². The van der Waals surface area contributed by atoms with Gasteiger partial charge in [0.15, 0.2) is 0 Å². The number of halogens is 1. The van der Waals surface area contributed by atoms with Gasteiger partial charge in [0.05, 0.1) is 5.37 Å². The minimum absolute atomic E-state index is 0.172. The lowest BCUT2D eigenvalue weighted by molar-refractivity contribution is 0.266. The van der Waals surface area contributed by atoms with Crippen molar-refractivity contribution in [1.82, 2.24) is 10.2 Å². The quantitative estimate of drug-likeness (QED) is 0.827. The van der Waals surface area contributed by atoms with Gasteiger partial charge in [-0.1, -0.05) is 0 Å². The van der Waals surface area contributed by atoms with Crippen LogP contribution in [-0.2, 0) is 0 Å². The van der Waals surface area contributed by atoms with Gasteiger partial charge < -0.3 is 5.32 Å². The fraction of sp³-hybridized carbons (Fsp3) is 0.455. The Labute approximate surface area is 93.8 Å². The molecule has 15 heavy (non-hydrogen) atoms. The summed E-state index contributed by atoms with van der Waals surface area (Å²) >= 11 is 1.78. The van der Waals surface area contributed by atoms with Gasteiger partial charge in [-0.25, -0.2) is 4.39 Å². The molecule has 0 spiro atoms. The van der Waals surface area contributed by atoms with E-state index >= 15 is 0 Å². The molecule has 1 fully saturated rings. The van der Waals surface area contributed by atoms with Gasteiger partial charge in [0.2, 0.25) is 0 Å². The molecule has 0 saturated carbocycles. The zero-order valence-corrected chi connectivity index (χ0v) is 9.56. The van der Waals surface area contributed by atoms with Gasteiger partial charge in [0, 0.05) is 24.5 Å². The van der Waals surface area contributed by atoms with E-state index in [1.54, 1.807) is 11.8 Å². The van der Waals surface area contributed by atoms with Crippen LogP contribution in [0.3, 0.4) is 0 Å². The highest BCUT2D eigenvalue weighted by Gasteiger charge is 2.19. The number of nitrogens with one attached hydrogen (secondary N) is 1. The molecule has 4 heteroatoms. The van der Waals surface area contributed by atoms with Crippen LogP contribution < -0.4 is 5.32 Å². The van der Waals surface area contributed by atoms with Crippen LogP contribution in [0.4, 0.5) is 4.39 Å². The Balaban J connectivity index is 1.98. The molecular weight excluding hydrogens is 211 g/mol. The Hall–Kier alpha value is -0.580. The predicted molar refractivity (Wildman–Crippen MR) is 61.5 cm³/mol. The van der Waals surface area contributed by atoms with Crippen molar-refractivity contribution in [3.63, 3.8) is 0 Å². The Kier molecular flexibility index (Phi) is 3.61. The maximum absolute atomic E-state index is 12.7. The number of rotatable bonds is 2. The number of benzene rings is 1. The van der Waals surface area contributed by atoms with Crippen LogP contribution in [0, 0.1) is 5.82 Å². The molecule has 0 amide bonds. The van der Waals surface area contributed by atoms with E-state index in [-0.39, 0.29) is 5.82 Å². The minimum atomic E-state index is -0.172. The fourth-order valence-electron chi connectivity index (χ4n) is 1.58. The third-order valence-electron chi connectivity index (χ3n) is 2.54. The molecule has 1 N–H and O–H groups in total. The van der Waals surface area contributed by atoms with Gasteiger partial charge in [0.1, 0.15) is 5.82 Å². The van der Waals surface area contributed by atoms with Crippen LogP contribution in [0.2, 0.25) is 0 Å². The van der Waals surface area contributed by atoms with Crippen molar-refractivity contribution in [2.45, 2.75) is 10.3 Å². The molecular formula is C11H15FN2S. The molecule has 0 aliphatic carbocycles. The third kappa shape index (κ3) is 2.93. The summed E-state index contributed by atoms with van der Waals surface area (Å²) in [6, 6.07) is 6.70. The van der Waals surface area contributed by atoms with Crippen molar-refractivity contribution in [2.24, 2.45) is 0 Å². The smallest absolute Gasteiger partial charge is 0.123 e.